The number of hydrogen-bond donors (Lipinski definition) is 0. The van der Waals surface area contributed by atoms with Crippen molar-refractivity contribution in [3.63, 3.8) is 0 Å². The van der Waals surface area contributed by atoms with E-state index < -0.39 is 0 Å². The van der Waals surface area contributed by atoms with Gasteiger partial charge in [-0.3, -0.25) is 4.79 Å². The van der Waals surface area contributed by atoms with E-state index in [1.807, 2.05) is 6.92 Å². The molecule has 2 aromatic heterocycles. The van der Waals surface area contributed by atoms with Crippen LogP contribution in [0.15, 0.2) is 17.3 Å². The summed E-state index contributed by atoms with van der Waals surface area (Å²) < 4.78 is 1.39. The molecule has 0 radical (unpaired) electrons. The second kappa shape index (κ2) is 2.62. The number of aryl methyl sites for hydroxylation is 2. The van der Waals surface area contributed by atoms with Gasteiger partial charge in [0, 0.05) is 7.05 Å². The van der Waals surface area contributed by atoms with Crippen molar-refractivity contribution in [2.75, 3.05) is 0 Å². The number of aromatic nitrogens is 4. The van der Waals surface area contributed by atoms with E-state index in [0.29, 0.717) is 11.0 Å². The first-order valence-corrected chi connectivity index (χ1v) is 3.84. The number of fused-ring (bicyclic) bond motifs is 1. The molecule has 0 N–H and O–H groups in total. The average Bonchev–Trinajstić information content (AvgIpc) is 2.12. The van der Waals surface area contributed by atoms with Crippen LogP contribution >= 0.6 is 0 Å². The highest BCUT2D eigenvalue weighted by Crippen LogP contribution is 2.05. The first kappa shape index (κ1) is 7.85. The topological polar surface area (TPSA) is 60.7 Å². The van der Waals surface area contributed by atoms with Gasteiger partial charge in [-0.2, -0.15) is 5.10 Å². The fourth-order valence-corrected chi connectivity index (χ4v) is 1.14. The zero-order chi connectivity index (χ0) is 9.42. The van der Waals surface area contributed by atoms with Crippen LogP contribution in [0.25, 0.3) is 11.0 Å². The van der Waals surface area contributed by atoms with E-state index in [9.17, 15) is 4.79 Å². The Kier molecular flexibility index (Phi) is 1.58. The van der Waals surface area contributed by atoms with E-state index in [-0.39, 0.29) is 5.56 Å². The quantitative estimate of drug-likeness (QED) is 0.568. The van der Waals surface area contributed by atoms with Crippen LogP contribution in [0.2, 0.25) is 0 Å². The predicted octanol–water partition coefficient (Wildman–Crippen LogP) is 0.0319. The summed E-state index contributed by atoms with van der Waals surface area (Å²) in [5, 5.41) is 7.47. The first-order chi connectivity index (χ1) is 6.20. The third kappa shape index (κ3) is 1.09. The van der Waals surface area contributed by atoms with Gasteiger partial charge in [0.05, 0.1) is 12.5 Å². The SMILES string of the molecule is Cc1cnnc2c(=O)n(C)cnc12. The maximum atomic E-state index is 11.5. The molecular weight excluding hydrogens is 168 g/mol. The highest BCUT2D eigenvalue weighted by atomic mass is 16.1. The summed E-state index contributed by atoms with van der Waals surface area (Å²) in [5.74, 6) is 0. The Bertz CT molecular complexity index is 517. The Morgan fingerprint density at radius 3 is 2.92 bits per heavy atom. The zero-order valence-corrected chi connectivity index (χ0v) is 7.35. The van der Waals surface area contributed by atoms with Crippen molar-refractivity contribution in [3.8, 4) is 0 Å². The molecule has 66 valence electrons. The number of hydrogen-bond acceptors (Lipinski definition) is 4. The minimum absolute atomic E-state index is 0.166. The molecule has 2 aromatic rings. The summed E-state index contributed by atoms with van der Waals surface area (Å²) >= 11 is 0. The van der Waals surface area contributed by atoms with Crippen molar-refractivity contribution in [1.29, 1.82) is 0 Å². The summed E-state index contributed by atoms with van der Waals surface area (Å²) in [4.78, 5) is 15.6. The van der Waals surface area contributed by atoms with Gasteiger partial charge >= 0.3 is 0 Å². The lowest BCUT2D eigenvalue weighted by Gasteiger charge is -1.99. The molecule has 13 heavy (non-hydrogen) atoms. The molecule has 0 fully saturated rings. The third-order valence-electron chi connectivity index (χ3n) is 1.89. The van der Waals surface area contributed by atoms with Gasteiger partial charge in [-0.1, -0.05) is 0 Å². The normalized spacial score (nSPS) is 10.6. The van der Waals surface area contributed by atoms with Crippen LogP contribution < -0.4 is 5.56 Å². The molecular formula is C8H8N4O. The molecule has 0 aliphatic heterocycles. The molecule has 0 saturated heterocycles. The largest absolute Gasteiger partial charge is 0.300 e. The fourth-order valence-electron chi connectivity index (χ4n) is 1.14. The van der Waals surface area contributed by atoms with Gasteiger partial charge < -0.3 is 4.57 Å². The van der Waals surface area contributed by atoms with Crippen molar-refractivity contribution in [1.82, 2.24) is 19.7 Å². The van der Waals surface area contributed by atoms with Crippen LogP contribution in [0.4, 0.5) is 0 Å². The van der Waals surface area contributed by atoms with Gasteiger partial charge in [-0.25, -0.2) is 4.98 Å². The molecule has 2 rings (SSSR count). The van der Waals surface area contributed by atoms with Crippen LogP contribution in [0.1, 0.15) is 5.56 Å². The van der Waals surface area contributed by atoms with Crippen LogP contribution in [0.3, 0.4) is 0 Å². The van der Waals surface area contributed by atoms with Gasteiger partial charge in [0.2, 0.25) is 0 Å². The van der Waals surface area contributed by atoms with Crippen LogP contribution in [0, 0.1) is 6.92 Å². The Morgan fingerprint density at radius 2 is 2.15 bits per heavy atom. The van der Waals surface area contributed by atoms with Crippen molar-refractivity contribution in [3.05, 3.63) is 28.4 Å². The molecule has 0 aliphatic carbocycles. The Hall–Kier alpha value is -1.78. The minimum atomic E-state index is -0.166. The summed E-state index contributed by atoms with van der Waals surface area (Å²) in [7, 11) is 1.64. The highest BCUT2D eigenvalue weighted by Gasteiger charge is 2.04. The first-order valence-electron chi connectivity index (χ1n) is 3.84. The molecule has 0 bridgehead atoms. The van der Waals surface area contributed by atoms with Crippen LogP contribution in [-0.4, -0.2) is 19.7 Å². The lowest BCUT2D eigenvalue weighted by atomic mass is 10.3. The molecule has 0 amide bonds. The standard InChI is InChI=1S/C8H8N4O/c1-5-3-10-11-7-6(5)9-4-12(2)8(7)13/h3-4H,1-2H3. The third-order valence-corrected chi connectivity index (χ3v) is 1.89. The Morgan fingerprint density at radius 1 is 1.38 bits per heavy atom. The molecule has 2 heterocycles. The second-order valence-corrected chi connectivity index (χ2v) is 2.89. The van der Waals surface area contributed by atoms with E-state index in [0.717, 1.165) is 5.56 Å². The maximum Gasteiger partial charge on any atom is 0.281 e. The van der Waals surface area contributed by atoms with E-state index in [2.05, 4.69) is 15.2 Å². The molecule has 0 unspecified atom stereocenters. The highest BCUT2D eigenvalue weighted by molar-refractivity contribution is 5.75. The van der Waals surface area contributed by atoms with Crippen LogP contribution in [0.5, 0.6) is 0 Å². The van der Waals surface area contributed by atoms with Gasteiger partial charge in [-0.05, 0) is 12.5 Å². The molecule has 0 aliphatic rings. The number of nitrogens with zero attached hydrogens (tertiary/aromatic N) is 4. The van der Waals surface area contributed by atoms with Gasteiger partial charge in [0.25, 0.3) is 5.56 Å². The molecule has 0 spiro atoms. The summed E-state index contributed by atoms with van der Waals surface area (Å²) in [6.45, 7) is 1.85. The molecule has 0 atom stereocenters. The summed E-state index contributed by atoms with van der Waals surface area (Å²) in [6.07, 6.45) is 3.08. The van der Waals surface area contributed by atoms with Crippen molar-refractivity contribution >= 4 is 11.0 Å². The molecule has 0 aromatic carbocycles. The average molecular weight is 176 g/mol. The van der Waals surface area contributed by atoms with E-state index in [1.54, 1.807) is 13.2 Å². The Balaban J connectivity index is 3.03. The predicted molar refractivity (Wildman–Crippen MR) is 47.3 cm³/mol. The summed E-state index contributed by atoms with van der Waals surface area (Å²) in [6, 6.07) is 0. The van der Waals surface area contributed by atoms with Crippen molar-refractivity contribution < 1.29 is 0 Å². The van der Waals surface area contributed by atoms with Crippen molar-refractivity contribution in [2.45, 2.75) is 6.92 Å². The van der Waals surface area contributed by atoms with Gasteiger partial charge in [-0.15, -0.1) is 5.10 Å². The Labute approximate surface area is 74.1 Å². The molecule has 0 saturated carbocycles. The van der Waals surface area contributed by atoms with E-state index >= 15 is 0 Å². The smallest absolute Gasteiger partial charge is 0.281 e. The molecule has 5 heteroatoms. The monoisotopic (exact) mass is 176 g/mol. The lowest BCUT2D eigenvalue weighted by molar-refractivity contribution is 0.831. The fraction of sp³-hybridized carbons (Fsp3) is 0.250. The molecule has 5 nitrogen and oxygen atoms in total. The second-order valence-electron chi connectivity index (χ2n) is 2.89. The van der Waals surface area contributed by atoms with E-state index in [4.69, 9.17) is 0 Å². The van der Waals surface area contributed by atoms with Gasteiger partial charge in [0.15, 0.2) is 5.52 Å². The maximum absolute atomic E-state index is 11.5. The lowest BCUT2D eigenvalue weighted by Crippen LogP contribution is -2.18. The van der Waals surface area contributed by atoms with Crippen molar-refractivity contribution in [2.24, 2.45) is 7.05 Å². The van der Waals surface area contributed by atoms with Gasteiger partial charge in [0.1, 0.15) is 5.52 Å². The van der Waals surface area contributed by atoms with Crippen LogP contribution in [-0.2, 0) is 7.05 Å². The summed E-state index contributed by atoms with van der Waals surface area (Å²) in [5.41, 5.74) is 1.65. The van der Waals surface area contributed by atoms with E-state index in [1.165, 1.54) is 10.9 Å². The number of rotatable bonds is 0. The minimum Gasteiger partial charge on any atom is -0.300 e. The zero-order valence-electron chi connectivity index (χ0n) is 7.35.